The van der Waals surface area contributed by atoms with Crippen molar-refractivity contribution in [3.8, 4) is 0 Å². The van der Waals surface area contributed by atoms with Crippen LogP contribution in [-0.4, -0.2) is 11.8 Å². The molecule has 0 aliphatic rings. The number of hydrogen-bond donors (Lipinski definition) is 1. The van der Waals surface area contributed by atoms with Gasteiger partial charge in [0.2, 0.25) is 0 Å². The maximum absolute atomic E-state index is 5.85. The summed E-state index contributed by atoms with van der Waals surface area (Å²) in [7, 11) is 0. The molecule has 0 fully saturated rings. The molecule has 72 valence electrons. The number of halogens is 1. The fourth-order valence-electron chi connectivity index (χ4n) is 0.878. The first-order valence-electron chi connectivity index (χ1n) is 4.36. The molecule has 0 spiro atoms. The number of thioether (sulfide) groups is 1. The minimum Gasteiger partial charge on any atom is -0.327 e. The van der Waals surface area contributed by atoms with Crippen molar-refractivity contribution in [1.29, 1.82) is 0 Å². The number of rotatable bonds is 4. The molecule has 0 bridgehead atoms. The summed E-state index contributed by atoms with van der Waals surface area (Å²) < 4.78 is 0. The third-order valence-electron chi connectivity index (χ3n) is 1.78. The molecule has 3 heteroatoms. The third kappa shape index (κ3) is 4.03. The van der Waals surface area contributed by atoms with E-state index in [4.69, 9.17) is 17.3 Å². The van der Waals surface area contributed by atoms with Crippen LogP contribution < -0.4 is 5.73 Å². The molecule has 0 saturated heterocycles. The van der Waals surface area contributed by atoms with Gasteiger partial charge in [-0.1, -0.05) is 24.6 Å². The van der Waals surface area contributed by atoms with Gasteiger partial charge in [0, 0.05) is 21.7 Å². The summed E-state index contributed by atoms with van der Waals surface area (Å²) in [6.07, 6.45) is 1.02. The molecular weight excluding hydrogens is 202 g/mol. The van der Waals surface area contributed by atoms with Crippen LogP contribution in [0.1, 0.15) is 13.3 Å². The highest BCUT2D eigenvalue weighted by molar-refractivity contribution is 7.99. The van der Waals surface area contributed by atoms with Crippen molar-refractivity contribution in [2.75, 3.05) is 5.75 Å². The molecule has 0 amide bonds. The summed E-state index contributed by atoms with van der Waals surface area (Å²) in [6, 6.07) is 8.14. The molecule has 1 nitrogen and oxygen atoms in total. The summed E-state index contributed by atoms with van der Waals surface area (Å²) in [6.45, 7) is 2.10. The Balaban J connectivity index is 2.45. The zero-order chi connectivity index (χ0) is 9.68. The molecule has 0 aliphatic heterocycles. The molecule has 0 aliphatic carbocycles. The normalized spacial score (nSPS) is 12.8. The van der Waals surface area contributed by atoms with E-state index >= 15 is 0 Å². The zero-order valence-electron chi connectivity index (χ0n) is 7.66. The Morgan fingerprint density at radius 2 is 2.31 bits per heavy atom. The van der Waals surface area contributed by atoms with Crippen molar-refractivity contribution in [1.82, 2.24) is 0 Å². The van der Waals surface area contributed by atoms with Crippen LogP contribution >= 0.6 is 23.4 Å². The minimum absolute atomic E-state index is 0.281. The summed E-state index contributed by atoms with van der Waals surface area (Å²) in [5.74, 6) is 0.955. The van der Waals surface area contributed by atoms with Crippen LogP contribution in [0.2, 0.25) is 5.02 Å². The largest absolute Gasteiger partial charge is 0.327 e. The van der Waals surface area contributed by atoms with E-state index in [-0.39, 0.29) is 6.04 Å². The number of nitrogens with two attached hydrogens (primary N) is 1. The van der Waals surface area contributed by atoms with Crippen LogP contribution in [0.25, 0.3) is 0 Å². The van der Waals surface area contributed by atoms with Crippen LogP contribution in [0, 0.1) is 0 Å². The number of benzene rings is 1. The molecule has 1 aromatic carbocycles. The molecular formula is C10H14ClNS. The maximum Gasteiger partial charge on any atom is 0.0417 e. The lowest BCUT2D eigenvalue weighted by Gasteiger charge is -2.07. The zero-order valence-corrected chi connectivity index (χ0v) is 9.24. The molecule has 0 unspecified atom stereocenters. The van der Waals surface area contributed by atoms with Crippen molar-refractivity contribution in [3.63, 3.8) is 0 Å². The highest BCUT2D eigenvalue weighted by atomic mass is 35.5. The maximum atomic E-state index is 5.85. The fourth-order valence-corrected chi connectivity index (χ4v) is 2.16. The van der Waals surface area contributed by atoms with E-state index in [1.165, 1.54) is 4.90 Å². The van der Waals surface area contributed by atoms with Gasteiger partial charge in [0.15, 0.2) is 0 Å². The van der Waals surface area contributed by atoms with Gasteiger partial charge in [-0.2, -0.15) is 0 Å². The standard InChI is InChI=1S/C10H14ClNS/c1-2-9(12)7-13-10-5-3-4-8(11)6-10/h3-6,9H,2,7,12H2,1H3/t9-/m1/s1. The molecule has 0 radical (unpaired) electrons. The Labute approximate surface area is 88.7 Å². The molecule has 0 aromatic heterocycles. The minimum atomic E-state index is 0.281. The van der Waals surface area contributed by atoms with Gasteiger partial charge in [-0.25, -0.2) is 0 Å². The van der Waals surface area contributed by atoms with E-state index in [2.05, 4.69) is 13.0 Å². The van der Waals surface area contributed by atoms with Crippen molar-refractivity contribution in [2.45, 2.75) is 24.3 Å². The van der Waals surface area contributed by atoms with Gasteiger partial charge < -0.3 is 5.73 Å². The first kappa shape index (κ1) is 10.9. The highest BCUT2D eigenvalue weighted by Crippen LogP contribution is 2.22. The van der Waals surface area contributed by atoms with Gasteiger partial charge in [-0.3, -0.25) is 0 Å². The van der Waals surface area contributed by atoms with Gasteiger partial charge in [0.05, 0.1) is 0 Å². The lowest BCUT2D eigenvalue weighted by Crippen LogP contribution is -2.21. The van der Waals surface area contributed by atoms with Gasteiger partial charge in [-0.05, 0) is 24.6 Å². The van der Waals surface area contributed by atoms with Crippen LogP contribution in [0.3, 0.4) is 0 Å². The molecule has 13 heavy (non-hydrogen) atoms. The Morgan fingerprint density at radius 3 is 2.92 bits per heavy atom. The summed E-state index contributed by atoms with van der Waals surface area (Å²) in [5, 5.41) is 0.787. The van der Waals surface area contributed by atoms with Crippen molar-refractivity contribution < 1.29 is 0 Å². The van der Waals surface area contributed by atoms with Crippen LogP contribution in [0.4, 0.5) is 0 Å². The smallest absolute Gasteiger partial charge is 0.0417 e. The van der Waals surface area contributed by atoms with Crippen LogP contribution in [0.15, 0.2) is 29.2 Å². The van der Waals surface area contributed by atoms with E-state index in [1.54, 1.807) is 11.8 Å². The summed E-state index contributed by atoms with van der Waals surface area (Å²) in [4.78, 5) is 1.19. The predicted octanol–water partition coefficient (Wildman–Crippen LogP) is 3.17. The lowest BCUT2D eigenvalue weighted by atomic mass is 10.3. The summed E-state index contributed by atoms with van der Waals surface area (Å²) in [5.41, 5.74) is 5.81. The first-order valence-corrected chi connectivity index (χ1v) is 5.72. The van der Waals surface area contributed by atoms with Crippen molar-refractivity contribution >= 4 is 23.4 Å². The SMILES string of the molecule is CC[C@@H](N)CSc1cccc(Cl)c1. The Bertz CT molecular complexity index is 265. The van der Waals surface area contributed by atoms with Gasteiger partial charge in [-0.15, -0.1) is 11.8 Å². The Kier molecular flexibility index (Phi) is 4.64. The molecule has 1 atom stereocenters. The van der Waals surface area contributed by atoms with Gasteiger partial charge in [0.1, 0.15) is 0 Å². The topological polar surface area (TPSA) is 26.0 Å². The molecule has 1 aromatic rings. The van der Waals surface area contributed by atoms with Crippen LogP contribution in [-0.2, 0) is 0 Å². The lowest BCUT2D eigenvalue weighted by molar-refractivity contribution is 0.725. The Morgan fingerprint density at radius 1 is 1.54 bits per heavy atom. The van der Waals surface area contributed by atoms with E-state index in [1.807, 2.05) is 18.2 Å². The second-order valence-electron chi connectivity index (χ2n) is 2.94. The molecule has 0 heterocycles. The first-order chi connectivity index (χ1) is 6.22. The molecule has 0 saturated carbocycles. The van der Waals surface area contributed by atoms with Gasteiger partial charge in [0.25, 0.3) is 0 Å². The quantitative estimate of drug-likeness (QED) is 0.781. The summed E-state index contributed by atoms with van der Waals surface area (Å²) >= 11 is 7.61. The average Bonchev–Trinajstić information content (AvgIpc) is 2.14. The second kappa shape index (κ2) is 5.53. The van der Waals surface area contributed by atoms with Gasteiger partial charge >= 0.3 is 0 Å². The predicted molar refractivity (Wildman–Crippen MR) is 60.4 cm³/mol. The van der Waals surface area contributed by atoms with E-state index < -0.39 is 0 Å². The van der Waals surface area contributed by atoms with E-state index in [0.29, 0.717) is 0 Å². The highest BCUT2D eigenvalue weighted by Gasteiger charge is 2.00. The monoisotopic (exact) mass is 215 g/mol. The van der Waals surface area contributed by atoms with Crippen molar-refractivity contribution in [2.24, 2.45) is 5.73 Å². The van der Waals surface area contributed by atoms with Crippen LogP contribution in [0.5, 0.6) is 0 Å². The second-order valence-corrected chi connectivity index (χ2v) is 4.47. The molecule has 2 N–H and O–H groups in total. The molecule has 1 rings (SSSR count). The van der Waals surface area contributed by atoms with Crippen molar-refractivity contribution in [3.05, 3.63) is 29.3 Å². The van der Waals surface area contributed by atoms with E-state index in [9.17, 15) is 0 Å². The number of hydrogen-bond acceptors (Lipinski definition) is 2. The fraction of sp³-hybridized carbons (Fsp3) is 0.400. The van der Waals surface area contributed by atoms with E-state index in [0.717, 1.165) is 17.2 Å². The average molecular weight is 216 g/mol. The third-order valence-corrected chi connectivity index (χ3v) is 3.20. The Hall–Kier alpha value is -0.180.